The normalized spacial score (nSPS) is 12.5. The highest BCUT2D eigenvalue weighted by Gasteiger charge is 2.38. The van der Waals surface area contributed by atoms with E-state index in [0.29, 0.717) is 30.7 Å². The van der Waals surface area contributed by atoms with Crippen molar-refractivity contribution < 1.29 is 19.1 Å². The van der Waals surface area contributed by atoms with Gasteiger partial charge >= 0.3 is 12.1 Å². The number of imidazole rings is 1. The Balaban J connectivity index is 1.73. The Morgan fingerprint density at radius 1 is 0.750 bits per heavy atom. The van der Waals surface area contributed by atoms with E-state index in [-0.39, 0.29) is 0 Å². The molecule has 0 bridgehead atoms. The Morgan fingerprint density at radius 2 is 1.23 bits per heavy atom. The molecule has 0 radical (unpaired) electrons. The van der Waals surface area contributed by atoms with Crippen LogP contribution in [0.1, 0.15) is 76.8 Å². The monoisotopic (exact) mass is 593 g/mol. The molecule has 44 heavy (non-hydrogen) atoms. The van der Waals surface area contributed by atoms with Gasteiger partial charge in [0.05, 0.1) is 12.0 Å². The molecule has 0 saturated heterocycles. The molecule has 4 rings (SSSR count). The molecule has 0 aliphatic heterocycles. The van der Waals surface area contributed by atoms with Crippen LogP contribution in [0.4, 0.5) is 4.79 Å². The van der Waals surface area contributed by atoms with E-state index in [0.717, 1.165) is 16.7 Å². The molecule has 0 aliphatic rings. The third-order valence-electron chi connectivity index (χ3n) is 6.84. The minimum Gasteiger partial charge on any atom is -0.457 e. The Hall–Kier alpha value is -4.65. The van der Waals surface area contributed by atoms with Gasteiger partial charge in [-0.3, -0.25) is 0 Å². The highest BCUT2D eigenvalue weighted by atomic mass is 16.6. The van der Waals surface area contributed by atoms with E-state index in [4.69, 9.17) is 14.5 Å². The Morgan fingerprint density at radius 3 is 1.68 bits per heavy atom. The minimum absolute atomic E-state index is 0.350. The summed E-state index contributed by atoms with van der Waals surface area (Å²) >= 11 is 0. The first kappa shape index (κ1) is 32.3. The largest absolute Gasteiger partial charge is 0.457 e. The molecule has 0 saturated carbocycles. The smallest absolute Gasteiger partial charge is 0.407 e. The summed E-state index contributed by atoms with van der Waals surface area (Å²) < 4.78 is 13.2. The predicted molar refractivity (Wildman–Crippen MR) is 174 cm³/mol. The van der Waals surface area contributed by atoms with E-state index in [9.17, 15) is 9.59 Å². The number of nitrogens with one attached hydrogen (secondary N) is 1. The highest BCUT2D eigenvalue weighted by Crippen LogP contribution is 2.40. The van der Waals surface area contributed by atoms with Crippen molar-refractivity contribution in [2.45, 2.75) is 71.1 Å². The molecule has 0 fully saturated rings. The number of hydrogen-bond donors (Lipinski definition) is 1. The molecule has 1 aromatic heterocycles. The summed E-state index contributed by atoms with van der Waals surface area (Å²) in [5, 5.41) is 2.76. The first-order chi connectivity index (χ1) is 20.9. The summed E-state index contributed by atoms with van der Waals surface area (Å²) in [6.07, 6.45) is 5.99. The number of esters is 1. The summed E-state index contributed by atoms with van der Waals surface area (Å²) in [7, 11) is 0. The molecule has 0 atom stereocenters. The van der Waals surface area contributed by atoms with Crippen molar-refractivity contribution in [1.29, 1.82) is 0 Å². The molecular formula is C37H43N3O4. The van der Waals surface area contributed by atoms with Gasteiger partial charge in [0.1, 0.15) is 16.7 Å². The zero-order valence-corrected chi connectivity index (χ0v) is 26.5. The lowest BCUT2D eigenvalue weighted by Crippen LogP contribution is -2.36. The number of benzene rings is 3. The topological polar surface area (TPSA) is 82.5 Å². The number of carbonyl (C=O) groups excluding carboxylic acids is 2. The lowest BCUT2D eigenvalue weighted by Gasteiger charge is -2.37. The third-order valence-corrected chi connectivity index (χ3v) is 6.84. The van der Waals surface area contributed by atoms with Crippen LogP contribution in [0.15, 0.2) is 109 Å². The van der Waals surface area contributed by atoms with Crippen LogP contribution >= 0.6 is 0 Å². The number of alkyl carbamates (subject to hydrolysis) is 1. The van der Waals surface area contributed by atoms with Crippen molar-refractivity contribution in [2.75, 3.05) is 6.54 Å². The number of ether oxygens (including phenoxy) is 2. The van der Waals surface area contributed by atoms with Gasteiger partial charge in [-0.25, -0.2) is 14.6 Å². The fraction of sp³-hybridized carbons (Fsp3) is 0.324. The molecule has 3 aromatic carbocycles. The van der Waals surface area contributed by atoms with Crippen LogP contribution in [0.5, 0.6) is 0 Å². The lowest BCUT2D eigenvalue weighted by molar-refractivity contribution is -0.149. The molecule has 0 spiro atoms. The van der Waals surface area contributed by atoms with Gasteiger partial charge in [-0.05, 0) is 77.2 Å². The van der Waals surface area contributed by atoms with Crippen molar-refractivity contribution >= 4 is 18.1 Å². The van der Waals surface area contributed by atoms with Gasteiger partial charge in [0.25, 0.3) is 0 Å². The maximum absolute atomic E-state index is 13.3. The quantitative estimate of drug-likeness (QED) is 0.0880. The molecule has 0 aliphatic carbocycles. The number of amides is 1. The molecule has 1 heterocycles. The molecular weight excluding hydrogens is 550 g/mol. The van der Waals surface area contributed by atoms with Crippen LogP contribution in [-0.2, 0) is 19.8 Å². The van der Waals surface area contributed by atoms with Gasteiger partial charge in [0.15, 0.2) is 0 Å². The Labute approximate surface area is 260 Å². The van der Waals surface area contributed by atoms with Crippen LogP contribution in [0.2, 0.25) is 0 Å². The number of hydrogen-bond acceptors (Lipinski definition) is 5. The minimum atomic E-state index is -0.716. The lowest BCUT2D eigenvalue weighted by atomic mass is 9.77. The highest BCUT2D eigenvalue weighted by molar-refractivity contribution is 5.93. The molecule has 4 aromatic rings. The van der Waals surface area contributed by atoms with Gasteiger partial charge < -0.3 is 19.4 Å². The van der Waals surface area contributed by atoms with Gasteiger partial charge in [-0.1, -0.05) is 91.0 Å². The maximum atomic E-state index is 13.3. The van der Waals surface area contributed by atoms with Crippen LogP contribution in [0, 0.1) is 0 Å². The third kappa shape index (κ3) is 8.25. The summed E-state index contributed by atoms with van der Waals surface area (Å²) in [5.41, 5.74) is 2.36. The second-order valence-corrected chi connectivity index (χ2v) is 12.7. The van der Waals surface area contributed by atoms with Crippen molar-refractivity contribution in [3.8, 4) is 0 Å². The molecule has 230 valence electrons. The van der Waals surface area contributed by atoms with E-state index in [1.807, 2.05) is 109 Å². The second-order valence-electron chi connectivity index (χ2n) is 12.7. The van der Waals surface area contributed by atoms with Crippen molar-refractivity contribution in [3.63, 3.8) is 0 Å². The average molecular weight is 594 g/mol. The van der Waals surface area contributed by atoms with Crippen molar-refractivity contribution in [1.82, 2.24) is 14.9 Å². The van der Waals surface area contributed by atoms with E-state index >= 15 is 0 Å². The summed E-state index contributed by atoms with van der Waals surface area (Å²) in [5.74, 6) is -0.412. The second kappa shape index (κ2) is 13.8. The number of nitrogens with zero attached hydrogens (tertiary/aromatic N) is 2. The number of aromatic nitrogens is 2. The Kier molecular flexibility index (Phi) is 10.1. The van der Waals surface area contributed by atoms with Gasteiger partial charge in [0.2, 0.25) is 0 Å². The first-order valence-electron chi connectivity index (χ1n) is 15.0. The van der Waals surface area contributed by atoms with E-state index < -0.39 is 28.8 Å². The van der Waals surface area contributed by atoms with E-state index in [2.05, 4.69) is 46.3 Å². The summed E-state index contributed by atoms with van der Waals surface area (Å²) in [6.45, 7) is 11.3. The summed E-state index contributed by atoms with van der Waals surface area (Å²) in [4.78, 5) is 30.2. The SMILES string of the molecule is CC(C)(C)OC(=O)NCCC/C(=C/c1cn(C(c2ccccc2)(c2ccccc2)c2ccccc2)cn1)C(=O)OC(C)(C)C. The predicted octanol–water partition coefficient (Wildman–Crippen LogP) is 7.75. The first-order valence-corrected chi connectivity index (χ1v) is 15.0. The molecule has 1 N–H and O–H groups in total. The van der Waals surface area contributed by atoms with Crippen LogP contribution in [0.3, 0.4) is 0 Å². The van der Waals surface area contributed by atoms with Gasteiger partial charge in [0, 0.05) is 18.3 Å². The standard InChI is InChI=1S/C37H43N3O4/c1-35(2,3)43-33(41)28(17-16-24-38-34(42)44-36(4,5)6)25-32-26-40(27-39-32)37(29-18-10-7-11-19-29,30-20-12-8-13-21-30)31-22-14-9-15-23-31/h7-15,18-23,25-27H,16-17,24H2,1-6H3,(H,38,42)/b28-25-. The van der Waals surface area contributed by atoms with Crippen molar-refractivity contribution in [3.05, 3.63) is 131 Å². The zero-order chi connectivity index (χ0) is 31.8. The molecule has 1 amide bonds. The van der Waals surface area contributed by atoms with Crippen LogP contribution in [-0.4, -0.2) is 39.4 Å². The molecule has 0 unspecified atom stereocenters. The van der Waals surface area contributed by atoms with Crippen LogP contribution < -0.4 is 5.32 Å². The van der Waals surface area contributed by atoms with E-state index in [1.54, 1.807) is 6.08 Å². The number of carbonyl (C=O) groups is 2. The summed E-state index contributed by atoms with van der Waals surface area (Å²) in [6, 6.07) is 31.0. The fourth-order valence-corrected chi connectivity index (χ4v) is 5.12. The van der Waals surface area contributed by atoms with Crippen LogP contribution in [0.25, 0.3) is 6.08 Å². The fourth-order valence-electron chi connectivity index (χ4n) is 5.12. The van der Waals surface area contributed by atoms with E-state index in [1.165, 1.54) is 0 Å². The molecule has 7 heteroatoms. The number of rotatable bonds is 10. The maximum Gasteiger partial charge on any atom is 0.407 e. The average Bonchev–Trinajstić information content (AvgIpc) is 3.43. The van der Waals surface area contributed by atoms with Crippen molar-refractivity contribution in [2.24, 2.45) is 0 Å². The van der Waals surface area contributed by atoms with Gasteiger partial charge in [-0.15, -0.1) is 0 Å². The zero-order valence-electron chi connectivity index (χ0n) is 26.5. The van der Waals surface area contributed by atoms with Gasteiger partial charge in [-0.2, -0.15) is 0 Å². The molecule has 7 nitrogen and oxygen atoms in total. The Bertz CT molecular complexity index is 1450.